The Labute approximate surface area is 198 Å². The zero-order valence-electron chi connectivity index (χ0n) is 17.1. The fourth-order valence-corrected chi connectivity index (χ4v) is 4.10. The quantitative estimate of drug-likeness (QED) is 0.274. The highest BCUT2D eigenvalue weighted by molar-refractivity contribution is 7.08. The third-order valence-electron chi connectivity index (χ3n) is 5.05. The van der Waals surface area contributed by atoms with E-state index < -0.39 is 0 Å². The summed E-state index contributed by atoms with van der Waals surface area (Å²) >= 11 is 7.37. The van der Waals surface area contributed by atoms with E-state index in [1.807, 2.05) is 53.2 Å². The average molecular weight is 473 g/mol. The first kappa shape index (κ1) is 20.9. The van der Waals surface area contributed by atoms with E-state index in [1.165, 1.54) is 11.3 Å². The summed E-state index contributed by atoms with van der Waals surface area (Å²) in [7, 11) is 0. The number of amides is 2. The molecule has 5 aromatic rings. The number of fused-ring (bicyclic) bond motifs is 1. The number of aromatic amines is 1. The molecule has 3 N–H and O–H groups in total. The van der Waals surface area contributed by atoms with E-state index in [9.17, 15) is 9.59 Å². The van der Waals surface area contributed by atoms with E-state index in [2.05, 4.69) is 20.6 Å². The molecule has 0 radical (unpaired) electrons. The van der Waals surface area contributed by atoms with Gasteiger partial charge in [0.05, 0.1) is 16.6 Å². The predicted octanol–water partition coefficient (Wildman–Crippen LogP) is 6.45. The van der Waals surface area contributed by atoms with Crippen LogP contribution >= 0.6 is 22.9 Å². The first-order valence-corrected chi connectivity index (χ1v) is 11.4. The van der Waals surface area contributed by atoms with Gasteiger partial charge in [-0.3, -0.25) is 9.59 Å². The molecule has 0 spiro atoms. The third-order valence-corrected chi connectivity index (χ3v) is 5.98. The Morgan fingerprint density at radius 1 is 0.818 bits per heavy atom. The molecule has 0 saturated heterocycles. The second-order valence-corrected chi connectivity index (χ2v) is 8.54. The summed E-state index contributed by atoms with van der Waals surface area (Å²) in [6, 6.07) is 21.5. The van der Waals surface area contributed by atoms with E-state index in [0.29, 0.717) is 33.3 Å². The normalized spacial score (nSPS) is 10.8. The average Bonchev–Trinajstić information content (AvgIpc) is 3.50. The Kier molecular flexibility index (Phi) is 5.64. The minimum atomic E-state index is -0.217. The highest BCUT2D eigenvalue weighted by atomic mass is 35.5. The minimum Gasteiger partial charge on any atom is -0.338 e. The molecule has 0 aliphatic rings. The number of carbonyl (C=O) groups is 2. The van der Waals surface area contributed by atoms with Gasteiger partial charge in [0.15, 0.2) is 0 Å². The van der Waals surface area contributed by atoms with E-state index in [4.69, 9.17) is 11.6 Å². The topological polar surface area (TPSA) is 86.9 Å². The van der Waals surface area contributed by atoms with Gasteiger partial charge in [-0.05, 0) is 78.2 Å². The van der Waals surface area contributed by atoms with Crippen LogP contribution in [0.1, 0.15) is 20.7 Å². The lowest BCUT2D eigenvalue weighted by Crippen LogP contribution is -2.11. The number of anilines is 2. The maximum Gasteiger partial charge on any atom is 0.256 e. The lowest BCUT2D eigenvalue weighted by atomic mass is 10.2. The standard InChI is InChI=1S/C25H17ClN4O2S/c26-18-5-1-16(2-6-18)24(31)28-20-9-10-21-22(13-20)30-23(29-21)15-3-7-19(8-4-15)27-25(32)17-11-12-33-14-17/h1-14H,(H,27,32)(H,28,31)(H,29,30). The third kappa shape index (κ3) is 4.64. The van der Waals surface area contributed by atoms with Crippen molar-refractivity contribution in [1.82, 2.24) is 9.97 Å². The summed E-state index contributed by atoms with van der Waals surface area (Å²) in [4.78, 5) is 32.6. The Balaban J connectivity index is 1.31. The summed E-state index contributed by atoms with van der Waals surface area (Å²) in [5, 5.41) is 10.0. The molecule has 0 aliphatic carbocycles. The van der Waals surface area contributed by atoms with Gasteiger partial charge in [-0.25, -0.2) is 4.98 Å². The zero-order valence-corrected chi connectivity index (χ0v) is 18.7. The Morgan fingerprint density at radius 2 is 1.52 bits per heavy atom. The smallest absolute Gasteiger partial charge is 0.256 e. The first-order valence-electron chi connectivity index (χ1n) is 10.1. The molecule has 0 bridgehead atoms. The van der Waals surface area contributed by atoms with Crippen LogP contribution < -0.4 is 10.6 Å². The van der Waals surface area contributed by atoms with Crippen molar-refractivity contribution in [1.29, 1.82) is 0 Å². The van der Waals surface area contributed by atoms with Crippen LogP contribution in [-0.2, 0) is 0 Å². The number of benzene rings is 3. The monoisotopic (exact) mass is 472 g/mol. The first-order chi connectivity index (χ1) is 16.0. The van der Waals surface area contributed by atoms with Gasteiger partial charge in [0.2, 0.25) is 0 Å². The number of thiophene rings is 1. The predicted molar refractivity (Wildman–Crippen MR) is 133 cm³/mol. The van der Waals surface area contributed by atoms with Gasteiger partial charge in [-0.15, -0.1) is 0 Å². The van der Waals surface area contributed by atoms with Crippen LogP contribution in [0, 0.1) is 0 Å². The van der Waals surface area contributed by atoms with Crippen LogP contribution in [0.2, 0.25) is 5.02 Å². The van der Waals surface area contributed by atoms with Gasteiger partial charge in [0.25, 0.3) is 11.8 Å². The molecule has 2 heterocycles. The number of halogens is 1. The number of nitrogens with one attached hydrogen (secondary N) is 3. The molecule has 8 heteroatoms. The molecule has 0 aliphatic heterocycles. The maximum absolute atomic E-state index is 12.5. The lowest BCUT2D eigenvalue weighted by Gasteiger charge is -2.05. The van der Waals surface area contributed by atoms with Crippen LogP contribution in [0.5, 0.6) is 0 Å². The molecular formula is C25H17ClN4O2S. The van der Waals surface area contributed by atoms with Crippen molar-refractivity contribution < 1.29 is 9.59 Å². The van der Waals surface area contributed by atoms with Crippen molar-refractivity contribution in [3.8, 4) is 11.4 Å². The molecule has 3 aromatic carbocycles. The van der Waals surface area contributed by atoms with Crippen molar-refractivity contribution in [3.63, 3.8) is 0 Å². The lowest BCUT2D eigenvalue weighted by molar-refractivity contribution is 0.101. The van der Waals surface area contributed by atoms with Crippen molar-refractivity contribution in [2.45, 2.75) is 0 Å². The molecule has 0 fully saturated rings. The molecule has 0 atom stereocenters. The second kappa shape index (κ2) is 8.90. The summed E-state index contributed by atoms with van der Waals surface area (Å²) in [6.45, 7) is 0. The molecule has 0 unspecified atom stereocenters. The van der Waals surface area contributed by atoms with E-state index in [0.717, 1.165) is 16.6 Å². The maximum atomic E-state index is 12.5. The highest BCUT2D eigenvalue weighted by Crippen LogP contribution is 2.25. The van der Waals surface area contributed by atoms with Crippen LogP contribution in [0.25, 0.3) is 22.4 Å². The number of aromatic nitrogens is 2. The Bertz CT molecular complexity index is 1440. The molecule has 6 nitrogen and oxygen atoms in total. The van der Waals surface area contributed by atoms with Gasteiger partial charge < -0.3 is 15.6 Å². The second-order valence-electron chi connectivity index (χ2n) is 7.32. The number of carbonyl (C=O) groups excluding carboxylic acids is 2. The van der Waals surface area contributed by atoms with Crippen molar-refractivity contribution in [2.75, 3.05) is 10.6 Å². The number of hydrogen-bond donors (Lipinski definition) is 3. The van der Waals surface area contributed by atoms with E-state index >= 15 is 0 Å². The molecular weight excluding hydrogens is 456 g/mol. The van der Waals surface area contributed by atoms with Crippen molar-refractivity contribution >= 4 is 57.2 Å². The van der Waals surface area contributed by atoms with Gasteiger partial charge >= 0.3 is 0 Å². The Morgan fingerprint density at radius 3 is 2.24 bits per heavy atom. The van der Waals surface area contributed by atoms with Crippen LogP contribution in [-0.4, -0.2) is 21.8 Å². The minimum absolute atomic E-state index is 0.138. The number of rotatable bonds is 5. The molecule has 2 aromatic heterocycles. The zero-order chi connectivity index (χ0) is 22.8. The largest absolute Gasteiger partial charge is 0.338 e. The Hall–Kier alpha value is -3.94. The van der Waals surface area contributed by atoms with Crippen LogP contribution in [0.15, 0.2) is 83.6 Å². The SMILES string of the molecule is O=C(Nc1ccc2nc(-c3ccc(NC(=O)c4ccsc4)cc3)[nH]c2c1)c1ccc(Cl)cc1. The number of H-pyrrole nitrogens is 1. The van der Waals surface area contributed by atoms with Crippen LogP contribution in [0.4, 0.5) is 11.4 Å². The van der Waals surface area contributed by atoms with Gasteiger partial charge in [0, 0.05) is 32.9 Å². The van der Waals surface area contributed by atoms with Crippen molar-refractivity contribution in [2.24, 2.45) is 0 Å². The number of nitrogens with zero attached hydrogens (tertiary/aromatic N) is 1. The van der Waals surface area contributed by atoms with Crippen molar-refractivity contribution in [3.05, 3.63) is 99.7 Å². The highest BCUT2D eigenvalue weighted by Gasteiger charge is 2.10. The summed E-state index contributed by atoms with van der Waals surface area (Å²) in [6.07, 6.45) is 0. The number of hydrogen-bond acceptors (Lipinski definition) is 4. The molecule has 2 amide bonds. The molecule has 0 saturated carbocycles. The van der Waals surface area contributed by atoms with Gasteiger partial charge in [-0.2, -0.15) is 11.3 Å². The van der Waals surface area contributed by atoms with Gasteiger partial charge in [-0.1, -0.05) is 11.6 Å². The van der Waals surface area contributed by atoms with Gasteiger partial charge in [0.1, 0.15) is 5.82 Å². The molecule has 33 heavy (non-hydrogen) atoms. The fraction of sp³-hybridized carbons (Fsp3) is 0. The van der Waals surface area contributed by atoms with E-state index in [1.54, 1.807) is 30.3 Å². The molecule has 5 rings (SSSR count). The number of imidazole rings is 1. The summed E-state index contributed by atoms with van der Waals surface area (Å²) < 4.78 is 0. The fourth-order valence-electron chi connectivity index (χ4n) is 3.34. The van der Waals surface area contributed by atoms with Crippen LogP contribution in [0.3, 0.4) is 0 Å². The summed E-state index contributed by atoms with van der Waals surface area (Å²) in [5.41, 5.74) is 4.99. The summed E-state index contributed by atoms with van der Waals surface area (Å²) in [5.74, 6) is 0.341. The molecule has 162 valence electrons. The van der Waals surface area contributed by atoms with E-state index in [-0.39, 0.29) is 11.8 Å².